The van der Waals surface area contributed by atoms with E-state index in [1.165, 1.54) is 11.8 Å². The van der Waals surface area contributed by atoms with Crippen molar-refractivity contribution >= 4 is 50.9 Å². The van der Waals surface area contributed by atoms with Crippen LogP contribution in [0.15, 0.2) is 29.3 Å². The fraction of sp³-hybridized carbons (Fsp3) is 0.667. The maximum absolute atomic E-state index is 13.6. The number of carbonyl (C=O) groups excluding carboxylic acids is 2. The number of ether oxygens (including phenoxy) is 1. The van der Waals surface area contributed by atoms with Crippen LogP contribution in [0.5, 0.6) is 0 Å². The Balaban J connectivity index is 1.45. The van der Waals surface area contributed by atoms with Crippen LogP contribution in [0.2, 0.25) is 0 Å². The lowest BCUT2D eigenvalue weighted by Crippen LogP contribution is -2.63. The molecule has 0 spiro atoms. The van der Waals surface area contributed by atoms with Gasteiger partial charge in [0.05, 0.1) is 17.2 Å². The first-order valence-electron chi connectivity index (χ1n) is 14.0. The molecule has 8 atom stereocenters. The molecule has 0 unspecified atom stereocenters. The van der Waals surface area contributed by atoms with Gasteiger partial charge in [-0.2, -0.15) is 0 Å². The molecule has 2 aromatic rings. The molecule has 3 aliphatic rings. The van der Waals surface area contributed by atoms with Crippen molar-refractivity contribution in [3.8, 4) is 0 Å². The first-order chi connectivity index (χ1) is 18.4. The van der Waals surface area contributed by atoms with E-state index in [0.717, 1.165) is 35.3 Å². The van der Waals surface area contributed by atoms with Gasteiger partial charge >= 0.3 is 5.97 Å². The van der Waals surface area contributed by atoms with Crippen molar-refractivity contribution in [1.29, 1.82) is 0 Å². The first-order valence-corrected chi connectivity index (χ1v) is 15.8. The highest BCUT2D eigenvalue weighted by atomic mass is 32.2. The third kappa shape index (κ3) is 4.43. The highest BCUT2D eigenvalue weighted by Crippen LogP contribution is 2.68. The van der Waals surface area contributed by atoms with E-state index in [-0.39, 0.29) is 40.7 Å². The molecular weight excluding hydrogens is 530 g/mol. The van der Waals surface area contributed by atoms with Crippen molar-refractivity contribution in [3.63, 3.8) is 0 Å². The van der Waals surface area contributed by atoms with E-state index in [9.17, 15) is 14.7 Å². The molecule has 3 aliphatic carbocycles. The Morgan fingerprint density at radius 2 is 2.05 bits per heavy atom. The van der Waals surface area contributed by atoms with Crippen molar-refractivity contribution in [2.75, 3.05) is 24.7 Å². The molecular formula is C30H41N3O4S2. The number of fused-ring (bicyclic) bond motifs is 1. The SMILES string of the molecule is C=C[C@]1(C)C[C@@H](OC(=O)CSc2nc(N(C)C)c3ccsc3n2)[C@]2(C)[C@H](C)CC[C@]3(CCC(=O)[C@H]32)[C@@H](C)[C@@H]1O. The Morgan fingerprint density at radius 3 is 2.74 bits per heavy atom. The summed E-state index contributed by atoms with van der Waals surface area (Å²) < 4.78 is 6.36. The maximum Gasteiger partial charge on any atom is 0.316 e. The number of ketones is 1. The van der Waals surface area contributed by atoms with Gasteiger partial charge in [0.15, 0.2) is 5.16 Å². The van der Waals surface area contributed by atoms with E-state index < -0.39 is 23.0 Å². The lowest BCUT2D eigenvalue weighted by Gasteiger charge is -2.61. The maximum atomic E-state index is 13.6. The van der Waals surface area contributed by atoms with E-state index in [0.29, 0.717) is 18.0 Å². The van der Waals surface area contributed by atoms with Crippen LogP contribution in [0.4, 0.5) is 5.82 Å². The van der Waals surface area contributed by atoms with Crippen LogP contribution in [-0.4, -0.2) is 58.9 Å². The molecule has 9 heteroatoms. The fourth-order valence-electron chi connectivity index (χ4n) is 8.04. The van der Waals surface area contributed by atoms with Crippen LogP contribution < -0.4 is 4.90 Å². The van der Waals surface area contributed by atoms with Gasteiger partial charge in [-0.05, 0) is 54.4 Å². The van der Waals surface area contributed by atoms with Crippen LogP contribution in [0.25, 0.3) is 10.2 Å². The van der Waals surface area contributed by atoms with Gasteiger partial charge in [0.1, 0.15) is 22.5 Å². The Kier molecular flexibility index (Phi) is 7.42. The summed E-state index contributed by atoms with van der Waals surface area (Å²) in [4.78, 5) is 39.2. The van der Waals surface area contributed by atoms with Crippen LogP contribution in [0.1, 0.15) is 59.8 Å². The average molecular weight is 572 g/mol. The number of anilines is 1. The van der Waals surface area contributed by atoms with Crippen molar-refractivity contribution in [2.24, 2.45) is 34.0 Å². The molecule has 0 saturated heterocycles. The number of hydrogen-bond donors (Lipinski definition) is 1. The number of esters is 1. The van der Waals surface area contributed by atoms with Crippen molar-refractivity contribution in [2.45, 2.75) is 77.2 Å². The van der Waals surface area contributed by atoms with Crippen LogP contribution in [0.3, 0.4) is 0 Å². The number of rotatable bonds is 6. The van der Waals surface area contributed by atoms with E-state index in [1.807, 2.05) is 43.4 Å². The summed E-state index contributed by atoms with van der Waals surface area (Å²) in [5, 5.41) is 15.2. The zero-order valence-electron chi connectivity index (χ0n) is 23.9. The van der Waals surface area contributed by atoms with Gasteiger partial charge in [0, 0.05) is 37.3 Å². The number of Topliss-reactive ketones (excluding diaryl/α,β-unsaturated/α-hetero) is 1. The lowest BCUT2D eigenvalue weighted by atomic mass is 9.44. The second kappa shape index (κ2) is 10.1. The molecule has 0 amide bonds. The molecule has 3 fully saturated rings. The second-order valence-corrected chi connectivity index (χ2v) is 14.6. The molecule has 7 nitrogen and oxygen atoms in total. The highest BCUT2D eigenvalue weighted by molar-refractivity contribution is 7.99. The standard InChI is InChI=1S/C30H41N3O4S2/c1-8-28(4)15-21(29(5)17(2)9-12-30(18(3)24(28)36)13-10-20(34)23(29)30)37-22(35)16-39-27-31-25(33(6)7)19-11-14-38-26(19)32-27/h8,11,14,17-18,21,23-24,36H,1,9-10,12-13,15-16H2,2-7H3/t17-,18+,21-,23+,24+,28-,29+,30+/m1/s1. The summed E-state index contributed by atoms with van der Waals surface area (Å²) in [6, 6.07) is 2.01. The number of aromatic nitrogens is 2. The van der Waals surface area contributed by atoms with Gasteiger partial charge in [0.2, 0.25) is 0 Å². The molecule has 0 aliphatic heterocycles. The van der Waals surface area contributed by atoms with Crippen LogP contribution >= 0.6 is 23.1 Å². The Labute approximate surface area is 239 Å². The summed E-state index contributed by atoms with van der Waals surface area (Å²) in [6.45, 7) is 12.6. The summed E-state index contributed by atoms with van der Waals surface area (Å²) in [7, 11) is 3.89. The summed E-state index contributed by atoms with van der Waals surface area (Å²) in [5.74, 6) is 0.716. The first kappa shape index (κ1) is 28.6. The zero-order chi connectivity index (χ0) is 28.3. The fourth-order valence-corrected chi connectivity index (χ4v) is 9.48. The molecule has 3 saturated carbocycles. The second-order valence-electron chi connectivity index (χ2n) is 12.7. The number of thiophene rings is 1. The van der Waals surface area contributed by atoms with Gasteiger partial charge in [-0.15, -0.1) is 17.9 Å². The summed E-state index contributed by atoms with van der Waals surface area (Å²) in [5.41, 5.74) is -1.45. The number of aliphatic hydroxyl groups excluding tert-OH is 1. The van der Waals surface area contributed by atoms with E-state index in [1.54, 1.807) is 11.3 Å². The molecule has 1 N–H and O–H groups in total. The quantitative estimate of drug-likeness (QED) is 0.203. The van der Waals surface area contributed by atoms with E-state index in [4.69, 9.17) is 4.74 Å². The van der Waals surface area contributed by atoms with Gasteiger partial charge in [-0.3, -0.25) is 9.59 Å². The molecule has 2 bridgehead atoms. The van der Waals surface area contributed by atoms with E-state index in [2.05, 4.69) is 37.3 Å². The molecule has 2 heterocycles. The summed E-state index contributed by atoms with van der Waals surface area (Å²) in [6.07, 6.45) is 4.25. The van der Waals surface area contributed by atoms with Crippen molar-refractivity contribution in [1.82, 2.24) is 9.97 Å². The topological polar surface area (TPSA) is 92.6 Å². The smallest absolute Gasteiger partial charge is 0.316 e. The van der Waals surface area contributed by atoms with Gasteiger partial charge in [-0.25, -0.2) is 9.97 Å². The van der Waals surface area contributed by atoms with Crippen LogP contribution in [-0.2, 0) is 14.3 Å². The third-order valence-corrected chi connectivity index (χ3v) is 12.2. The number of aliphatic hydroxyl groups is 1. The molecule has 2 aromatic heterocycles. The highest BCUT2D eigenvalue weighted by Gasteiger charge is 2.68. The normalized spacial score (nSPS) is 38.1. The van der Waals surface area contributed by atoms with Crippen molar-refractivity contribution < 1.29 is 19.4 Å². The number of carbonyl (C=O) groups is 2. The largest absolute Gasteiger partial charge is 0.461 e. The van der Waals surface area contributed by atoms with Gasteiger partial charge < -0.3 is 14.7 Å². The number of hydrogen-bond acceptors (Lipinski definition) is 9. The van der Waals surface area contributed by atoms with E-state index >= 15 is 0 Å². The predicted octanol–water partition coefficient (Wildman–Crippen LogP) is 5.76. The van der Waals surface area contributed by atoms with Crippen molar-refractivity contribution in [3.05, 3.63) is 24.1 Å². The number of nitrogens with zero attached hydrogens (tertiary/aromatic N) is 3. The molecule has 5 rings (SSSR count). The predicted molar refractivity (Wildman–Crippen MR) is 157 cm³/mol. The molecule has 0 aromatic carbocycles. The van der Waals surface area contributed by atoms with Crippen LogP contribution in [0, 0.1) is 34.0 Å². The molecule has 39 heavy (non-hydrogen) atoms. The number of thioether (sulfide) groups is 1. The molecule has 0 radical (unpaired) electrons. The van der Waals surface area contributed by atoms with Gasteiger partial charge in [0.25, 0.3) is 0 Å². The summed E-state index contributed by atoms with van der Waals surface area (Å²) >= 11 is 2.82. The Bertz CT molecular complexity index is 1300. The van der Waals surface area contributed by atoms with Gasteiger partial charge in [-0.1, -0.05) is 45.5 Å². The molecule has 212 valence electrons. The lowest BCUT2D eigenvalue weighted by molar-refractivity contribution is -0.205. The minimum absolute atomic E-state index is 0.0498. The monoisotopic (exact) mass is 571 g/mol. The Hall–Kier alpha value is -1.97. The Morgan fingerprint density at radius 1 is 1.31 bits per heavy atom. The minimum Gasteiger partial charge on any atom is -0.461 e. The zero-order valence-corrected chi connectivity index (χ0v) is 25.5. The third-order valence-electron chi connectivity index (χ3n) is 10.6. The average Bonchev–Trinajstić information content (AvgIpc) is 3.52. The minimum atomic E-state index is -0.674.